The Balaban J connectivity index is 3.18. The van der Waals surface area contributed by atoms with Crippen molar-refractivity contribution in [3.63, 3.8) is 0 Å². The third-order valence-electron chi connectivity index (χ3n) is 1.90. The van der Waals surface area contributed by atoms with Gasteiger partial charge in [0, 0.05) is 0 Å². The fourth-order valence-electron chi connectivity index (χ4n) is 1.14. The van der Waals surface area contributed by atoms with E-state index in [1.54, 1.807) is 12.1 Å². The number of hydrogen-bond acceptors (Lipinski definition) is 2. The van der Waals surface area contributed by atoms with Gasteiger partial charge in [-0.05, 0) is 24.1 Å². The average Bonchev–Trinajstić information content (AvgIpc) is 2.16. The molecule has 1 N–H and O–H groups in total. The summed E-state index contributed by atoms with van der Waals surface area (Å²) in [5.74, 6) is -0.545. The van der Waals surface area contributed by atoms with E-state index in [4.69, 9.17) is 9.84 Å². The second kappa shape index (κ2) is 3.94. The van der Waals surface area contributed by atoms with Crippen molar-refractivity contribution in [3.8, 4) is 5.75 Å². The lowest BCUT2D eigenvalue weighted by Gasteiger charge is -2.05. The third-order valence-corrected chi connectivity index (χ3v) is 1.90. The number of carboxylic acid groups (broad SMARTS) is 1. The minimum Gasteiger partial charge on any atom is -0.496 e. The molecule has 3 heteroatoms. The number of hydrogen-bond donors (Lipinski definition) is 1. The lowest BCUT2D eigenvalue weighted by molar-refractivity contribution is 0.0693. The molecule has 0 aliphatic heterocycles. The van der Waals surface area contributed by atoms with E-state index in [1.807, 2.05) is 13.0 Å². The molecule has 0 saturated heterocycles. The van der Waals surface area contributed by atoms with Crippen molar-refractivity contribution < 1.29 is 14.6 Å². The molecule has 3 nitrogen and oxygen atoms in total. The summed E-state index contributed by atoms with van der Waals surface area (Å²) in [5.41, 5.74) is 1.22. The molecule has 0 fully saturated rings. The second-order valence-corrected chi connectivity index (χ2v) is 2.69. The van der Waals surface area contributed by atoms with Gasteiger partial charge in [-0.3, -0.25) is 0 Å². The number of rotatable bonds is 3. The number of carbonyl (C=O) groups is 1. The Morgan fingerprint density at radius 1 is 1.54 bits per heavy atom. The number of methoxy groups -OCH3 is 1. The van der Waals surface area contributed by atoms with Crippen LogP contribution in [0.3, 0.4) is 0 Å². The first-order chi connectivity index (χ1) is 6.19. The largest absolute Gasteiger partial charge is 0.496 e. The molecule has 0 bridgehead atoms. The van der Waals surface area contributed by atoms with Crippen LogP contribution in [0, 0.1) is 0 Å². The summed E-state index contributed by atoms with van der Waals surface area (Å²) >= 11 is 0. The summed E-state index contributed by atoms with van der Waals surface area (Å²) in [7, 11) is 1.47. The number of ether oxygens (including phenoxy) is 1. The van der Waals surface area contributed by atoms with Gasteiger partial charge >= 0.3 is 5.97 Å². The van der Waals surface area contributed by atoms with Crippen LogP contribution in [0.15, 0.2) is 18.2 Å². The number of carboxylic acids is 1. The van der Waals surface area contributed by atoms with E-state index in [0.717, 1.165) is 12.0 Å². The molecule has 0 amide bonds. The maximum absolute atomic E-state index is 10.8. The molecule has 0 atom stereocenters. The quantitative estimate of drug-likeness (QED) is 0.773. The first-order valence-electron chi connectivity index (χ1n) is 4.09. The second-order valence-electron chi connectivity index (χ2n) is 2.69. The fraction of sp³-hybridized carbons (Fsp3) is 0.300. The van der Waals surface area contributed by atoms with Gasteiger partial charge in [-0.15, -0.1) is 0 Å². The highest BCUT2D eigenvalue weighted by atomic mass is 16.5. The highest BCUT2D eigenvalue weighted by Gasteiger charge is 2.10. The number of aromatic carboxylic acids is 1. The molecule has 0 spiro atoms. The van der Waals surface area contributed by atoms with Crippen molar-refractivity contribution >= 4 is 5.97 Å². The monoisotopic (exact) mass is 180 g/mol. The van der Waals surface area contributed by atoms with Gasteiger partial charge in [-0.25, -0.2) is 4.79 Å². The molecular formula is C10H12O3. The standard InChI is InChI=1S/C10H12O3/c1-3-7-4-5-9(13-2)8(6-7)10(11)12/h4-6H,3H2,1-2H3,(H,11,12). The van der Waals surface area contributed by atoms with E-state index >= 15 is 0 Å². The van der Waals surface area contributed by atoms with Crippen molar-refractivity contribution in [2.75, 3.05) is 7.11 Å². The predicted molar refractivity (Wildman–Crippen MR) is 49.3 cm³/mol. The molecule has 0 unspecified atom stereocenters. The van der Waals surface area contributed by atoms with Crippen molar-refractivity contribution in [3.05, 3.63) is 29.3 Å². The van der Waals surface area contributed by atoms with Gasteiger partial charge in [0.15, 0.2) is 0 Å². The van der Waals surface area contributed by atoms with Crippen LogP contribution in [0.1, 0.15) is 22.8 Å². The summed E-state index contributed by atoms with van der Waals surface area (Å²) in [6.45, 7) is 1.98. The van der Waals surface area contributed by atoms with Crippen LogP contribution in [0.4, 0.5) is 0 Å². The molecule has 1 aromatic rings. The highest BCUT2D eigenvalue weighted by Crippen LogP contribution is 2.19. The zero-order valence-electron chi connectivity index (χ0n) is 7.70. The van der Waals surface area contributed by atoms with Gasteiger partial charge < -0.3 is 9.84 Å². The first-order valence-corrected chi connectivity index (χ1v) is 4.09. The van der Waals surface area contributed by atoms with Crippen LogP contribution < -0.4 is 4.74 Å². The van der Waals surface area contributed by atoms with Gasteiger partial charge in [0.25, 0.3) is 0 Å². The van der Waals surface area contributed by atoms with E-state index in [9.17, 15) is 4.79 Å². The fourth-order valence-corrected chi connectivity index (χ4v) is 1.14. The summed E-state index contributed by atoms with van der Waals surface area (Å²) in [5, 5.41) is 8.84. The minimum atomic E-state index is -0.952. The van der Waals surface area contributed by atoms with Crippen molar-refractivity contribution in [1.82, 2.24) is 0 Å². The molecule has 0 aliphatic rings. The zero-order valence-corrected chi connectivity index (χ0v) is 7.70. The molecule has 0 aliphatic carbocycles. The lowest BCUT2D eigenvalue weighted by atomic mass is 10.1. The van der Waals surface area contributed by atoms with Gasteiger partial charge in [-0.1, -0.05) is 13.0 Å². The van der Waals surface area contributed by atoms with Crippen LogP contribution >= 0.6 is 0 Å². The van der Waals surface area contributed by atoms with Crippen LogP contribution in [-0.2, 0) is 6.42 Å². The minimum absolute atomic E-state index is 0.224. The molecule has 1 rings (SSSR count). The van der Waals surface area contributed by atoms with Crippen LogP contribution in [-0.4, -0.2) is 18.2 Å². The van der Waals surface area contributed by atoms with Crippen LogP contribution in [0.25, 0.3) is 0 Å². The lowest BCUT2D eigenvalue weighted by Crippen LogP contribution is -2.01. The molecule has 0 heterocycles. The maximum atomic E-state index is 10.8. The molecule has 0 radical (unpaired) electrons. The van der Waals surface area contributed by atoms with Crippen LogP contribution in [0.5, 0.6) is 5.75 Å². The smallest absolute Gasteiger partial charge is 0.339 e. The van der Waals surface area contributed by atoms with E-state index in [0.29, 0.717) is 5.75 Å². The first kappa shape index (κ1) is 9.58. The highest BCUT2D eigenvalue weighted by molar-refractivity contribution is 5.91. The molecule has 70 valence electrons. The Morgan fingerprint density at radius 2 is 2.23 bits per heavy atom. The average molecular weight is 180 g/mol. The van der Waals surface area contributed by atoms with Crippen molar-refractivity contribution in [2.45, 2.75) is 13.3 Å². The Morgan fingerprint density at radius 3 is 2.69 bits per heavy atom. The SMILES string of the molecule is CCc1ccc(OC)c(C(=O)O)c1. The predicted octanol–water partition coefficient (Wildman–Crippen LogP) is 1.96. The van der Waals surface area contributed by atoms with Gasteiger partial charge in [-0.2, -0.15) is 0 Å². The summed E-state index contributed by atoms with van der Waals surface area (Å²) in [4.78, 5) is 10.8. The van der Waals surface area contributed by atoms with E-state index in [-0.39, 0.29) is 5.56 Å². The van der Waals surface area contributed by atoms with E-state index in [1.165, 1.54) is 7.11 Å². The summed E-state index contributed by atoms with van der Waals surface area (Å²) < 4.78 is 4.93. The van der Waals surface area contributed by atoms with E-state index in [2.05, 4.69) is 0 Å². The van der Waals surface area contributed by atoms with Gasteiger partial charge in [0.2, 0.25) is 0 Å². The Labute approximate surface area is 77.0 Å². The molecule has 13 heavy (non-hydrogen) atoms. The normalized spacial score (nSPS) is 9.69. The molecule has 0 aromatic heterocycles. The molecular weight excluding hydrogens is 168 g/mol. The van der Waals surface area contributed by atoms with E-state index < -0.39 is 5.97 Å². The van der Waals surface area contributed by atoms with Crippen molar-refractivity contribution in [1.29, 1.82) is 0 Å². The maximum Gasteiger partial charge on any atom is 0.339 e. The van der Waals surface area contributed by atoms with Gasteiger partial charge in [0.1, 0.15) is 11.3 Å². The van der Waals surface area contributed by atoms with Crippen molar-refractivity contribution in [2.24, 2.45) is 0 Å². The molecule has 1 aromatic carbocycles. The Hall–Kier alpha value is -1.51. The topological polar surface area (TPSA) is 46.5 Å². The Kier molecular flexibility index (Phi) is 2.90. The zero-order chi connectivity index (χ0) is 9.84. The third kappa shape index (κ3) is 1.99. The summed E-state index contributed by atoms with van der Waals surface area (Å²) in [6.07, 6.45) is 0.824. The number of aryl methyl sites for hydroxylation is 1. The molecule has 0 saturated carbocycles. The Bertz CT molecular complexity index is 318. The number of benzene rings is 1. The van der Waals surface area contributed by atoms with Gasteiger partial charge in [0.05, 0.1) is 7.11 Å². The van der Waals surface area contributed by atoms with Crippen LogP contribution in [0.2, 0.25) is 0 Å². The summed E-state index contributed by atoms with van der Waals surface area (Å²) in [6, 6.07) is 5.19.